The fourth-order valence-electron chi connectivity index (χ4n) is 4.38. The van der Waals surface area contributed by atoms with Gasteiger partial charge in [0.25, 0.3) is 5.91 Å². The van der Waals surface area contributed by atoms with E-state index in [-0.39, 0.29) is 17.8 Å². The number of furan rings is 1. The lowest BCUT2D eigenvalue weighted by atomic mass is 9.97. The molecule has 4 rings (SSSR count). The summed E-state index contributed by atoms with van der Waals surface area (Å²) in [5.74, 6) is 1.94. The Bertz CT molecular complexity index is 1190. The normalized spacial score (nSPS) is 14.0. The molecule has 0 spiro atoms. The first-order chi connectivity index (χ1) is 18.0. The van der Waals surface area contributed by atoms with Crippen molar-refractivity contribution in [2.45, 2.75) is 44.5 Å². The molecule has 3 aromatic rings. The largest absolute Gasteiger partial charge is 0.466 e. The lowest BCUT2D eigenvalue weighted by molar-refractivity contribution is -0.149. The number of esters is 1. The van der Waals surface area contributed by atoms with Gasteiger partial charge in [-0.05, 0) is 45.7 Å². The third kappa shape index (κ3) is 6.71. The number of ether oxygens (including phenoxy) is 1. The highest BCUT2D eigenvalue weighted by molar-refractivity contribution is 7.98. The number of likely N-dealkylation sites (tertiary alicyclic amines) is 1. The zero-order chi connectivity index (χ0) is 26.2. The van der Waals surface area contributed by atoms with E-state index in [0.717, 1.165) is 30.2 Å². The van der Waals surface area contributed by atoms with Gasteiger partial charge in [0.05, 0.1) is 24.0 Å². The second kappa shape index (κ2) is 12.8. The smallest absolute Gasteiger partial charge is 0.309 e. The summed E-state index contributed by atoms with van der Waals surface area (Å²) < 4.78 is 11.0. The van der Waals surface area contributed by atoms with Crippen molar-refractivity contribution in [3.8, 4) is 11.3 Å². The van der Waals surface area contributed by atoms with Gasteiger partial charge >= 0.3 is 5.97 Å². The van der Waals surface area contributed by atoms with Gasteiger partial charge < -0.3 is 19.0 Å². The second-order valence-corrected chi connectivity index (χ2v) is 9.75. The molecular weight excluding hydrogens is 488 g/mol. The number of hydrogen-bond acceptors (Lipinski definition) is 8. The van der Waals surface area contributed by atoms with E-state index in [9.17, 15) is 9.59 Å². The minimum atomic E-state index is -0.172. The lowest BCUT2D eigenvalue weighted by Crippen LogP contribution is -2.40. The Morgan fingerprint density at radius 3 is 2.46 bits per heavy atom. The molecule has 9 heteroatoms. The number of aromatic nitrogens is 2. The molecular formula is C28H34N4O4S. The Kier molecular flexibility index (Phi) is 9.22. The average molecular weight is 523 g/mol. The molecule has 37 heavy (non-hydrogen) atoms. The predicted octanol–water partition coefficient (Wildman–Crippen LogP) is 5.29. The molecule has 1 fully saturated rings. The van der Waals surface area contributed by atoms with Gasteiger partial charge in [-0.1, -0.05) is 42.1 Å². The first kappa shape index (κ1) is 26.7. The van der Waals surface area contributed by atoms with Gasteiger partial charge in [-0.25, -0.2) is 9.97 Å². The monoisotopic (exact) mass is 522 g/mol. The first-order valence-electron chi connectivity index (χ1n) is 12.9. The van der Waals surface area contributed by atoms with Crippen LogP contribution in [0.3, 0.4) is 0 Å². The highest BCUT2D eigenvalue weighted by atomic mass is 32.2. The number of carbonyl (C=O) groups is 2. The van der Waals surface area contributed by atoms with Crippen molar-refractivity contribution in [2.24, 2.45) is 5.92 Å². The van der Waals surface area contributed by atoms with Crippen LogP contribution in [0.1, 0.15) is 49.9 Å². The zero-order valence-corrected chi connectivity index (χ0v) is 22.5. The van der Waals surface area contributed by atoms with Crippen molar-refractivity contribution in [3.63, 3.8) is 0 Å². The van der Waals surface area contributed by atoms with Gasteiger partial charge in [-0.3, -0.25) is 9.59 Å². The van der Waals surface area contributed by atoms with Gasteiger partial charge in [0.1, 0.15) is 11.6 Å². The second-order valence-electron chi connectivity index (χ2n) is 8.81. The van der Waals surface area contributed by atoms with E-state index < -0.39 is 0 Å². The summed E-state index contributed by atoms with van der Waals surface area (Å²) in [5.41, 5.74) is 1.92. The molecule has 1 aromatic carbocycles. The third-order valence-electron chi connectivity index (χ3n) is 6.47. The van der Waals surface area contributed by atoms with Crippen LogP contribution in [0.25, 0.3) is 11.3 Å². The van der Waals surface area contributed by atoms with E-state index in [0.29, 0.717) is 55.0 Å². The molecule has 0 saturated carbocycles. The molecule has 0 N–H and O–H groups in total. The standard InChI is InChI=1S/C28H34N4O4S/c1-4-31(5-2)25-18-23(20-10-8-7-9-11-20)29-28(30-25)37-19-22-12-13-24(36-22)26(33)32-16-14-21(15-17-32)27(34)35-6-3/h7-13,18,21H,4-6,14-17,19H2,1-3H3. The number of benzene rings is 1. The van der Waals surface area contributed by atoms with Crippen LogP contribution in [0, 0.1) is 5.92 Å². The Balaban J connectivity index is 1.41. The summed E-state index contributed by atoms with van der Waals surface area (Å²) in [6.45, 7) is 9.15. The average Bonchev–Trinajstić information content (AvgIpc) is 3.42. The van der Waals surface area contributed by atoms with Gasteiger partial charge in [0, 0.05) is 37.8 Å². The van der Waals surface area contributed by atoms with Crippen LogP contribution in [0.4, 0.5) is 5.82 Å². The molecule has 196 valence electrons. The zero-order valence-electron chi connectivity index (χ0n) is 21.7. The van der Waals surface area contributed by atoms with Crippen LogP contribution in [0.2, 0.25) is 0 Å². The van der Waals surface area contributed by atoms with Crippen LogP contribution >= 0.6 is 11.8 Å². The third-order valence-corrected chi connectivity index (χ3v) is 7.34. The maximum Gasteiger partial charge on any atom is 0.309 e. The number of rotatable bonds is 10. The molecule has 1 saturated heterocycles. The minimum Gasteiger partial charge on any atom is -0.466 e. The quantitative estimate of drug-likeness (QED) is 0.202. The van der Waals surface area contributed by atoms with Gasteiger partial charge in [-0.2, -0.15) is 0 Å². The number of piperidine rings is 1. The van der Waals surface area contributed by atoms with Crippen molar-refractivity contribution in [1.29, 1.82) is 0 Å². The molecule has 8 nitrogen and oxygen atoms in total. The minimum absolute atomic E-state index is 0.138. The molecule has 0 aliphatic carbocycles. The van der Waals surface area contributed by atoms with Crippen molar-refractivity contribution in [3.05, 3.63) is 60.1 Å². The van der Waals surface area contributed by atoms with E-state index >= 15 is 0 Å². The van der Waals surface area contributed by atoms with E-state index in [1.165, 1.54) is 11.8 Å². The molecule has 0 atom stereocenters. The Hall–Kier alpha value is -3.33. The SMILES string of the molecule is CCOC(=O)C1CCN(C(=O)c2ccc(CSc3nc(-c4ccccc4)cc(N(CC)CC)n3)o2)CC1. The summed E-state index contributed by atoms with van der Waals surface area (Å²) in [5, 5.41) is 0.661. The summed E-state index contributed by atoms with van der Waals surface area (Å²) in [6.07, 6.45) is 1.22. The van der Waals surface area contributed by atoms with Crippen molar-refractivity contribution in [2.75, 3.05) is 37.7 Å². The van der Waals surface area contributed by atoms with Gasteiger partial charge in [0.15, 0.2) is 10.9 Å². The fraction of sp³-hybridized carbons (Fsp3) is 0.429. The van der Waals surface area contributed by atoms with Crippen LogP contribution in [-0.2, 0) is 15.3 Å². The summed E-state index contributed by atoms with van der Waals surface area (Å²) in [7, 11) is 0. The Morgan fingerprint density at radius 2 is 1.78 bits per heavy atom. The molecule has 1 aliphatic heterocycles. The Labute approximate surface area is 222 Å². The highest BCUT2D eigenvalue weighted by Crippen LogP contribution is 2.28. The summed E-state index contributed by atoms with van der Waals surface area (Å²) >= 11 is 1.48. The number of hydrogen-bond donors (Lipinski definition) is 0. The maximum absolute atomic E-state index is 13.0. The highest BCUT2D eigenvalue weighted by Gasteiger charge is 2.29. The molecule has 0 bridgehead atoms. The molecule has 0 radical (unpaired) electrons. The van der Waals surface area contributed by atoms with Gasteiger partial charge in [-0.15, -0.1) is 0 Å². The fourth-order valence-corrected chi connectivity index (χ4v) is 5.13. The van der Waals surface area contributed by atoms with E-state index in [2.05, 4.69) is 18.7 Å². The summed E-state index contributed by atoms with van der Waals surface area (Å²) in [4.78, 5) is 38.5. The van der Waals surface area contributed by atoms with Crippen LogP contribution in [0.5, 0.6) is 0 Å². The first-order valence-corrected chi connectivity index (χ1v) is 13.9. The van der Waals surface area contributed by atoms with Crippen LogP contribution in [0.15, 0.2) is 58.1 Å². The van der Waals surface area contributed by atoms with E-state index in [4.69, 9.17) is 19.1 Å². The molecule has 0 unspecified atom stereocenters. The Morgan fingerprint density at radius 1 is 1.05 bits per heavy atom. The molecule has 1 aliphatic rings. The number of carbonyl (C=O) groups excluding carboxylic acids is 2. The topological polar surface area (TPSA) is 88.8 Å². The number of amides is 1. The molecule has 2 aromatic heterocycles. The maximum atomic E-state index is 13.0. The lowest BCUT2D eigenvalue weighted by Gasteiger charge is -2.30. The van der Waals surface area contributed by atoms with Gasteiger partial charge in [0.2, 0.25) is 0 Å². The predicted molar refractivity (Wildman–Crippen MR) is 145 cm³/mol. The molecule has 3 heterocycles. The van der Waals surface area contributed by atoms with Crippen LogP contribution in [-0.4, -0.2) is 59.5 Å². The van der Waals surface area contributed by atoms with Crippen LogP contribution < -0.4 is 4.90 Å². The van der Waals surface area contributed by atoms with E-state index in [1.807, 2.05) is 42.5 Å². The number of thioether (sulfide) groups is 1. The van der Waals surface area contributed by atoms with Crippen molar-refractivity contribution >= 4 is 29.5 Å². The summed E-state index contributed by atoms with van der Waals surface area (Å²) in [6, 6.07) is 15.7. The van der Waals surface area contributed by atoms with E-state index in [1.54, 1.807) is 17.9 Å². The van der Waals surface area contributed by atoms with Crippen molar-refractivity contribution < 1.29 is 18.7 Å². The number of nitrogens with zero attached hydrogens (tertiary/aromatic N) is 4. The molecule has 1 amide bonds. The number of anilines is 1. The van der Waals surface area contributed by atoms with Crippen molar-refractivity contribution in [1.82, 2.24) is 14.9 Å².